The Morgan fingerprint density at radius 2 is 2.00 bits per heavy atom. The monoisotopic (exact) mass is 547 g/mol. The molecular weight excluding hydrogens is 506 g/mol. The average molecular weight is 548 g/mol. The van der Waals surface area contributed by atoms with Crippen molar-refractivity contribution >= 4 is 17.4 Å². The molecule has 1 aromatic heterocycles. The zero-order valence-electron chi connectivity index (χ0n) is 24.0. The number of likely N-dealkylation sites (tertiary alicyclic amines) is 1. The van der Waals surface area contributed by atoms with E-state index in [1.807, 2.05) is 66.2 Å². The van der Waals surface area contributed by atoms with Gasteiger partial charge in [0.15, 0.2) is 0 Å². The third-order valence-corrected chi connectivity index (χ3v) is 7.91. The molecule has 2 amide bonds. The zero-order valence-corrected chi connectivity index (χ0v) is 24.8. The van der Waals surface area contributed by atoms with E-state index in [1.165, 1.54) is 34.4 Å². The Kier molecular flexibility index (Phi) is 10.9. The fraction of sp³-hybridized carbons (Fsp3) is 0.452. The van der Waals surface area contributed by atoms with Crippen LogP contribution in [0.2, 0.25) is 0 Å². The van der Waals surface area contributed by atoms with Crippen LogP contribution < -0.4 is 10.5 Å². The lowest BCUT2D eigenvalue weighted by Gasteiger charge is -2.18. The highest BCUT2D eigenvalue weighted by Crippen LogP contribution is 2.38. The summed E-state index contributed by atoms with van der Waals surface area (Å²) in [7, 11) is 4.05. The number of nitriles is 1. The molecule has 3 aromatic rings. The minimum Gasteiger partial charge on any atom is -0.490 e. The number of carbonyl (C=O) groups is 1. The number of aryl methyl sites for hydroxylation is 1. The van der Waals surface area contributed by atoms with Gasteiger partial charge in [0.1, 0.15) is 16.8 Å². The van der Waals surface area contributed by atoms with Crippen molar-refractivity contribution in [2.24, 2.45) is 5.73 Å². The second-order valence-electron chi connectivity index (χ2n) is 10.0. The average Bonchev–Trinajstić information content (AvgIpc) is 3.71. The minimum atomic E-state index is -0.297. The number of primary amides is 1. The molecule has 2 aliphatic rings. The predicted molar refractivity (Wildman–Crippen MR) is 160 cm³/mol. The highest BCUT2D eigenvalue weighted by molar-refractivity contribution is 7.18. The lowest BCUT2D eigenvalue weighted by molar-refractivity contribution is 0.212. The van der Waals surface area contributed by atoms with Crippen molar-refractivity contribution in [2.45, 2.75) is 65.5 Å². The van der Waals surface area contributed by atoms with Gasteiger partial charge < -0.3 is 20.3 Å². The summed E-state index contributed by atoms with van der Waals surface area (Å²) in [5, 5.41) is 10.4. The molecule has 2 N–H and O–H groups in total. The van der Waals surface area contributed by atoms with Gasteiger partial charge in [-0.1, -0.05) is 32.0 Å². The molecule has 0 spiro atoms. The maximum atomic E-state index is 10.7. The number of rotatable bonds is 5. The Morgan fingerprint density at radius 3 is 2.62 bits per heavy atom. The van der Waals surface area contributed by atoms with Gasteiger partial charge in [0, 0.05) is 30.9 Å². The number of nitrogens with zero attached hydrogens (tertiary/aromatic N) is 4. The van der Waals surface area contributed by atoms with E-state index in [2.05, 4.69) is 34.2 Å². The van der Waals surface area contributed by atoms with Gasteiger partial charge in [-0.3, -0.25) is 0 Å². The first-order valence-corrected chi connectivity index (χ1v) is 14.6. The molecule has 208 valence electrons. The van der Waals surface area contributed by atoms with Crippen LogP contribution in [0.1, 0.15) is 57.2 Å². The fourth-order valence-corrected chi connectivity index (χ4v) is 5.82. The molecule has 1 unspecified atom stereocenters. The lowest BCUT2D eigenvalue weighted by Crippen LogP contribution is -2.37. The molecule has 2 aromatic carbocycles. The van der Waals surface area contributed by atoms with Gasteiger partial charge in [0.25, 0.3) is 0 Å². The van der Waals surface area contributed by atoms with Crippen LogP contribution in [0.15, 0.2) is 42.6 Å². The van der Waals surface area contributed by atoms with Gasteiger partial charge in [-0.05, 0) is 88.5 Å². The first-order chi connectivity index (χ1) is 18.8. The van der Waals surface area contributed by atoms with Gasteiger partial charge in [-0.15, -0.1) is 11.3 Å². The Morgan fingerprint density at radius 1 is 1.23 bits per heavy atom. The normalized spacial score (nSPS) is 15.7. The van der Waals surface area contributed by atoms with Crippen LogP contribution in [0, 0.1) is 11.3 Å². The molecule has 0 saturated carbocycles. The number of hydrogen-bond donors (Lipinski definition) is 1. The van der Waals surface area contributed by atoms with E-state index >= 15 is 0 Å². The van der Waals surface area contributed by atoms with Crippen LogP contribution in [0.3, 0.4) is 0 Å². The third-order valence-electron chi connectivity index (χ3n) is 6.83. The Labute approximate surface area is 237 Å². The van der Waals surface area contributed by atoms with E-state index in [9.17, 15) is 10.1 Å². The summed E-state index contributed by atoms with van der Waals surface area (Å²) in [6.07, 6.45) is 6.60. The summed E-state index contributed by atoms with van der Waals surface area (Å²) in [5.41, 5.74) is 10.9. The molecule has 1 fully saturated rings. The van der Waals surface area contributed by atoms with E-state index in [1.54, 1.807) is 16.2 Å². The molecule has 1 saturated heterocycles. The number of benzene rings is 2. The van der Waals surface area contributed by atoms with E-state index in [-0.39, 0.29) is 12.1 Å². The minimum absolute atomic E-state index is 0.0413. The summed E-state index contributed by atoms with van der Waals surface area (Å²) in [6, 6.07) is 14.7. The van der Waals surface area contributed by atoms with Crippen molar-refractivity contribution < 1.29 is 9.53 Å². The van der Waals surface area contributed by atoms with Gasteiger partial charge >= 0.3 is 6.03 Å². The highest BCUT2D eigenvalue weighted by atomic mass is 32.1. The van der Waals surface area contributed by atoms with Crippen molar-refractivity contribution in [1.29, 1.82) is 5.26 Å². The summed E-state index contributed by atoms with van der Waals surface area (Å²) >= 11 is 1.68. The number of likely N-dealkylation sites (N-methyl/N-ethyl adjacent to an activating group) is 1. The lowest BCUT2D eigenvalue weighted by atomic mass is 10.0. The van der Waals surface area contributed by atoms with Crippen molar-refractivity contribution in [3.05, 3.63) is 59.3 Å². The smallest absolute Gasteiger partial charge is 0.314 e. The van der Waals surface area contributed by atoms with Gasteiger partial charge in [-0.25, -0.2) is 9.78 Å². The van der Waals surface area contributed by atoms with Crippen molar-refractivity contribution in [3.63, 3.8) is 0 Å². The summed E-state index contributed by atoms with van der Waals surface area (Å²) in [6.45, 7) is 9.50. The van der Waals surface area contributed by atoms with Crippen LogP contribution in [-0.4, -0.2) is 60.1 Å². The number of thiazole rings is 1. The topological polar surface area (TPSA) is 95.5 Å². The van der Waals surface area contributed by atoms with Crippen LogP contribution in [-0.2, 0) is 12.8 Å². The number of ether oxygens (including phenoxy) is 1. The number of amides is 2. The Bertz CT molecular complexity index is 1290. The van der Waals surface area contributed by atoms with Crippen LogP contribution in [0.25, 0.3) is 21.0 Å². The first-order valence-electron chi connectivity index (χ1n) is 13.8. The number of urea groups is 1. The molecule has 0 radical (unpaired) electrons. The molecule has 1 atom stereocenters. The molecule has 1 aliphatic carbocycles. The van der Waals surface area contributed by atoms with Gasteiger partial charge in [0.05, 0.1) is 16.5 Å². The van der Waals surface area contributed by atoms with E-state index in [0.29, 0.717) is 17.4 Å². The third kappa shape index (κ3) is 7.59. The standard InChI is InChI=1S/C22H20N2OS.C7H15N3O.C2H6/c1-14(2)25-20-10-9-16(11-17(20)12-23)22-24-13-21(26-22)19-8-4-6-15-5-3-7-18(15)19;1-9(2)6-3-4-10(5-6)7(8)11;1-2/h4,6,8-11,13-14H,3,5,7H2,1-2H3;6H,3-5H2,1-2H3,(H2,8,11);1-2H3. The molecule has 5 rings (SSSR count). The summed E-state index contributed by atoms with van der Waals surface area (Å²) in [4.78, 5) is 20.3. The highest BCUT2D eigenvalue weighted by Gasteiger charge is 2.25. The summed E-state index contributed by atoms with van der Waals surface area (Å²) in [5.74, 6) is 0.629. The number of fused-ring (bicyclic) bond motifs is 1. The number of nitrogens with two attached hydrogens (primary N) is 1. The molecular formula is C31H41N5O2S. The van der Waals surface area contributed by atoms with Gasteiger partial charge in [0.2, 0.25) is 0 Å². The second-order valence-corrected chi connectivity index (χ2v) is 11.0. The molecule has 8 heteroatoms. The zero-order chi connectivity index (χ0) is 28.5. The maximum absolute atomic E-state index is 10.7. The van der Waals surface area contributed by atoms with Crippen molar-refractivity contribution in [3.8, 4) is 32.8 Å². The Balaban J connectivity index is 0.000000272. The predicted octanol–water partition coefficient (Wildman–Crippen LogP) is 6.35. The summed E-state index contributed by atoms with van der Waals surface area (Å²) < 4.78 is 5.71. The van der Waals surface area contributed by atoms with Crippen molar-refractivity contribution in [2.75, 3.05) is 27.2 Å². The largest absolute Gasteiger partial charge is 0.490 e. The first kappa shape index (κ1) is 30.1. The molecule has 39 heavy (non-hydrogen) atoms. The molecule has 2 heterocycles. The van der Waals surface area contributed by atoms with E-state index in [0.717, 1.165) is 36.5 Å². The SMILES string of the molecule is CC.CC(C)Oc1ccc(-c2ncc(-c3cccc4c3CCC4)s2)cc1C#N.CN(C)C1CCN(C(N)=O)C1. The van der Waals surface area contributed by atoms with Gasteiger partial charge in [-0.2, -0.15) is 5.26 Å². The number of carbonyl (C=O) groups excluding carboxylic acids is 1. The quantitative estimate of drug-likeness (QED) is 0.401. The number of aromatic nitrogens is 1. The van der Waals surface area contributed by atoms with E-state index in [4.69, 9.17) is 10.5 Å². The number of hydrogen-bond acceptors (Lipinski definition) is 6. The van der Waals surface area contributed by atoms with E-state index < -0.39 is 0 Å². The fourth-order valence-electron chi connectivity index (χ4n) is 4.85. The second kappa shape index (κ2) is 14.1. The Hall–Kier alpha value is -3.41. The maximum Gasteiger partial charge on any atom is 0.314 e. The molecule has 7 nitrogen and oxygen atoms in total. The molecule has 1 aliphatic heterocycles. The van der Waals surface area contributed by atoms with Crippen LogP contribution >= 0.6 is 11.3 Å². The van der Waals surface area contributed by atoms with Crippen LogP contribution in [0.5, 0.6) is 5.75 Å². The van der Waals surface area contributed by atoms with Crippen molar-refractivity contribution in [1.82, 2.24) is 14.8 Å². The van der Waals surface area contributed by atoms with Crippen LogP contribution in [0.4, 0.5) is 4.79 Å². The molecule has 0 bridgehead atoms.